The van der Waals surface area contributed by atoms with E-state index < -0.39 is 0 Å². The molecule has 0 spiro atoms. The van der Waals surface area contributed by atoms with E-state index in [1.54, 1.807) is 21.3 Å². The van der Waals surface area contributed by atoms with E-state index in [-0.39, 0.29) is 5.41 Å². The Morgan fingerprint density at radius 3 is 2.48 bits per heavy atom. The maximum absolute atomic E-state index is 5.33. The second-order valence-corrected chi connectivity index (χ2v) is 7.06. The van der Waals surface area contributed by atoms with Crippen LogP contribution >= 0.6 is 0 Å². The number of ether oxygens (including phenoxy) is 2. The molecule has 2 rings (SSSR count). The molecule has 1 aromatic carbocycles. The van der Waals surface area contributed by atoms with Gasteiger partial charge in [-0.3, -0.25) is 4.99 Å². The Balaban J connectivity index is 1.83. The second-order valence-electron chi connectivity index (χ2n) is 7.06. The minimum atomic E-state index is -0.162. The number of hydrogen-bond donors (Lipinski definition) is 2. The lowest BCUT2D eigenvalue weighted by Gasteiger charge is -2.12. The normalized spacial score (nSPS) is 12.0. The first-order chi connectivity index (χ1) is 12.9. The molecule has 1 aromatic heterocycles. The number of hydrogen-bond acceptors (Lipinski definition) is 6. The standard InChI is InChI=1S/C19H29N5O3/c1-19(2,3)17-23-16(24-27-17)12-22-18(20-4)21-10-9-13-7-8-14(25-5)15(11-13)26-6/h7-8,11H,9-10,12H2,1-6H3,(H2,20,21,22). The third kappa shape index (κ3) is 5.87. The first kappa shape index (κ1) is 20.5. The highest BCUT2D eigenvalue weighted by atomic mass is 16.5. The molecule has 2 aromatic rings. The fraction of sp³-hybridized carbons (Fsp3) is 0.526. The Hall–Kier alpha value is -2.77. The van der Waals surface area contributed by atoms with Gasteiger partial charge < -0.3 is 24.6 Å². The molecule has 8 nitrogen and oxygen atoms in total. The van der Waals surface area contributed by atoms with Crippen molar-refractivity contribution in [1.82, 2.24) is 20.8 Å². The molecule has 2 N–H and O–H groups in total. The molecule has 27 heavy (non-hydrogen) atoms. The van der Waals surface area contributed by atoms with Gasteiger partial charge in [-0.25, -0.2) is 0 Å². The summed E-state index contributed by atoms with van der Waals surface area (Å²) >= 11 is 0. The van der Waals surface area contributed by atoms with Crippen molar-refractivity contribution < 1.29 is 14.0 Å². The minimum Gasteiger partial charge on any atom is -0.493 e. The monoisotopic (exact) mass is 375 g/mol. The van der Waals surface area contributed by atoms with Crippen LogP contribution in [-0.4, -0.2) is 43.9 Å². The fourth-order valence-corrected chi connectivity index (χ4v) is 2.38. The molecule has 0 saturated heterocycles. The highest BCUT2D eigenvalue weighted by Crippen LogP contribution is 2.27. The summed E-state index contributed by atoms with van der Waals surface area (Å²) in [5, 5.41) is 10.5. The van der Waals surface area contributed by atoms with E-state index in [0.717, 1.165) is 23.5 Å². The van der Waals surface area contributed by atoms with Crippen LogP contribution in [0.5, 0.6) is 11.5 Å². The predicted octanol–water partition coefficient (Wildman–Crippen LogP) is 2.29. The number of benzene rings is 1. The zero-order valence-electron chi connectivity index (χ0n) is 16.9. The highest BCUT2D eigenvalue weighted by molar-refractivity contribution is 5.79. The molecule has 0 bridgehead atoms. The quantitative estimate of drug-likeness (QED) is 0.566. The van der Waals surface area contributed by atoms with Gasteiger partial charge in [0, 0.05) is 19.0 Å². The van der Waals surface area contributed by atoms with Gasteiger partial charge in [0.15, 0.2) is 23.3 Å². The van der Waals surface area contributed by atoms with Crippen molar-refractivity contribution in [3.8, 4) is 11.5 Å². The number of nitrogens with one attached hydrogen (secondary N) is 2. The van der Waals surface area contributed by atoms with Crippen molar-refractivity contribution in [1.29, 1.82) is 0 Å². The van der Waals surface area contributed by atoms with Gasteiger partial charge in [-0.1, -0.05) is 32.0 Å². The first-order valence-electron chi connectivity index (χ1n) is 8.86. The highest BCUT2D eigenvalue weighted by Gasteiger charge is 2.21. The van der Waals surface area contributed by atoms with Crippen LogP contribution < -0.4 is 20.1 Å². The van der Waals surface area contributed by atoms with Gasteiger partial charge in [-0.15, -0.1) is 0 Å². The molecular formula is C19H29N5O3. The van der Waals surface area contributed by atoms with Crippen LogP contribution in [0.1, 0.15) is 38.0 Å². The van der Waals surface area contributed by atoms with Crippen LogP contribution in [0.3, 0.4) is 0 Å². The maximum atomic E-state index is 5.33. The average molecular weight is 375 g/mol. The smallest absolute Gasteiger partial charge is 0.232 e. The van der Waals surface area contributed by atoms with Gasteiger partial charge in [0.25, 0.3) is 0 Å². The second kappa shape index (κ2) is 9.25. The summed E-state index contributed by atoms with van der Waals surface area (Å²) in [7, 11) is 4.99. The topological polar surface area (TPSA) is 93.8 Å². The molecule has 0 radical (unpaired) electrons. The van der Waals surface area contributed by atoms with Crippen molar-refractivity contribution in [2.24, 2.45) is 4.99 Å². The number of guanidine groups is 1. The SMILES string of the molecule is CN=C(NCCc1ccc(OC)c(OC)c1)NCc1noc(C(C)(C)C)n1. The van der Waals surface area contributed by atoms with Crippen LogP contribution in [0.15, 0.2) is 27.7 Å². The third-order valence-corrected chi connectivity index (χ3v) is 3.90. The lowest BCUT2D eigenvalue weighted by Crippen LogP contribution is -2.38. The number of rotatable bonds is 7. The summed E-state index contributed by atoms with van der Waals surface area (Å²) < 4.78 is 15.9. The molecule has 1 heterocycles. The van der Waals surface area contributed by atoms with Gasteiger partial charge in [-0.2, -0.15) is 4.98 Å². The van der Waals surface area contributed by atoms with E-state index in [0.29, 0.717) is 30.8 Å². The van der Waals surface area contributed by atoms with E-state index in [1.807, 2.05) is 39.0 Å². The Labute approximate surface area is 160 Å². The summed E-state index contributed by atoms with van der Waals surface area (Å²) in [5.74, 6) is 3.35. The van der Waals surface area contributed by atoms with Crippen molar-refractivity contribution >= 4 is 5.96 Å². The van der Waals surface area contributed by atoms with Crippen molar-refractivity contribution in [3.63, 3.8) is 0 Å². The minimum absolute atomic E-state index is 0.162. The summed E-state index contributed by atoms with van der Waals surface area (Å²) in [6, 6.07) is 5.90. The third-order valence-electron chi connectivity index (χ3n) is 3.90. The van der Waals surface area contributed by atoms with Gasteiger partial charge in [0.05, 0.1) is 20.8 Å². The van der Waals surface area contributed by atoms with Crippen molar-refractivity contribution in [3.05, 3.63) is 35.5 Å². The molecule has 0 fully saturated rings. The van der Waals surface area contributed by atoms with E-state index in [4.69, 9.17) is 14.0 Å². The molecule has 0 amide bonds. The lowest BCUT2D eigenvalue weighted by atomic mass is 9.97. The number of methoxy groups -OCH3 is 2. The number of aromatic nitrogens is 2. The Bertz CT molecular complexity index is 765. The largest absolute Gasteiger partial charge is 0.493 e. The molecule has 0 unspecified atom stereocenters. The van der Waals surface area contributed by atoms with E-state index in [1.165, 1.54) is 0 Å². The zero-order valence-corrected chi connectivity index (χ0v) is 16.9. The molecule has 148 valence electrons. The van der Waals surface area contributed by atoms with Crippen LogP contribution in [0.4, 0.5) is 0 Å². The van der Waals surface area contributed by atoms with Crippen molar-refractivity contribution in [2.75, 3.05) is 27.8 Å². The average Bonchev–Trinajstić information content (AvgIpc) is 3.13. The van der Waals surface area contributed by atoms with E-state index in [9.17, 15) is 0 Å². The lowest BCUT2D eigenvalue weighted by molar-refractivity contribution is 0.318. The maximum Gasteiger partial charge on any atom is 0.232 e. The fourth-order valence-electron chi connectivity index (χ4n) is 2.38. The summed E-state index contributed by atoms with van der Waals surface area (Å²) in [6.07, 6.45) is 0.817. The van der Waals surface area contributed by atoms with Gasteiger partial charge in [0.2, 0.25) is 5.89 Å². The van der Waals surface area contributed by atoms with Crippen LogP contribution in [0.25, 0.3) is 0 Å². The molecule has 0 aliphatic rings. The van der Waals surface area contributed by atoms with Gasteiger partial charge in [0.1, 0.15) is 0 Å². The van der Waals surface area contributed by atoms with Crippen LogP contribution in [0, 0.1) is 0 Å². The molecule has 8 heteroatoms. The molecule has 0 atom stereocenters. The number of aliphatic imine (C=N–C) groups is 1. The van der Waals surface area contributed by atoms with Crippen LogP contribution in [0.2, 0.25) is 0 Å². The van der Waals surface area contributed by atoms with Gasteiger partial charge in [-0.05, 0) is 24.1 Å². The molecule has 0 saturated carbocycles. The predicted molar refractivity (Wildman–Crippen MR) is 104 cm³/mol. The van der Waals surface area contributed by atoms with Crippen molar-refractivity contribution in [2.45, 2.75) is 39.2 Å². The van der Waals surface area contributed by atoms with E-state index >= 15 is 0 Å². The molecular weight excluding hydrogens is 346 g/mol. The molecule has 0 aliphatic heterocycles. The summed E-state index contributed by atoms with van der Waals surface area (Å²) in [6.45, 7) is 7.26. The first-order valence-corrected chi connectivity index (χ1v) is 8.86. The Morgan fingerprint density at radius 1 is 1.15 bits per heavy atom. The Morgan fingerprint density at radius 2 is 1.89 bits per heavy atom. The summed E-state index contributed by atoms with van der Waals surface area (Å²) in [4.78, 5) is 8.62. The van der Waals surface area contributed by atoms with Crippen LogP contribution in [-0.2, 0) is 18.4 Å². The Kier molecular flexibility index (Phi) is 7.04. The zero-order chi connectivity index (χ0) is 19.9. The number of nitrogens with zero attached hydrogens (tertiary/aromatic N) is 3. The molecule has 0 aliphatic carbocycles. The van der Waals surface area contributed by atoms with E-state index in [2.05, 4.69) is 25.8 Å². The summed E-state index contributed by atoms with van der Waals surface area (Å²) in [5.41, 5.74) is 0.980. The van der Waals surface area contributed by atoms with Gasteiger partial charge >= 0.3 is 0 Å².